The van der Waals surface area contributed by atoms with E-state index in [1.165, 1.54) is 5.56 Å². The minimum atomic E-state index is -0.924. The van der Waals surface area contributed by atoms with E-state index >= 15 is 0 Å². The van der Waals surface area contributed by atoms with Crippen LogP contribution in [-0.4, -0.2) is 37.4 Å². The fraction of sp³-hybridized carbons (Fsp3) is 0.350. The SMILES string of the molecule is COc1cc(OC)cc(C(=O)NC[C@@]2(O)CCc3ccccc3C2)c1. The van der Waals surface area contributed by atoms with Crippen LogP contribution in [0.2, 0.25) is 0 Å². The molecule has 1 amide bonds. The Morgan fingerprint density at radius 3 is 2.40 bits per heavy atom. The first-order valence-electron chi connectivity index (χ1n) is 8.33. The van der Waals surface area contributed by atoms with Crippen LogP contribution in [-0.2, 0) is 12.8 Å². The van der Waals surface area contributed by atoms with Crippen molar-refractivity contribution in [2.24, 2.45) is 0 Å². The minimum absolute atomic E-state index is 0.208. The lowest BCUT2D eigenvalue weighted by atomic mass is 9.80. The number of nitrogens with one attached hydrogen (secondary N) is 1. The summed E-state index contributed by atoms with van der Waals surface area (Å²) in [7, 11) is 3.08. The number of aryl methyl sites for hydroxylation is 1. The highest BCUT2D eigenvalue weighted by Gasteiger charge is 2.32. The maximum absolute atomic E-state index is 12.5. The van der Waals surface area contributed by atoms with E-state index in [-0.39, 0.29) is 12.5 Å². The van der Waals surface area contributed by atoms with Crippen molar-refractivity contribution in [1.29, 1.82) is 0 Å². The van der Waals surface area contributed by atoms with Gasteiger partial charge in [-0.1, -0.05) is 24.3 Å². The molecule has 0 heterocycles. The number of fused-ring (bicyclic) bond motifs is 1. The second kappa shape index (κ2) is 7.15. The molecule has 1 aliphatic carbocycles. The molecule has 0 fully saturated rings. The summed E-state index contributed by atoms with van der Waals surface area (Å²) in [5.41, 5.74) is 1.94. The number of carbonyl (C=O) groups excluding carboxylic acids is 1. The van der Waals surface area contributed by atoms with Gasteiger partial charge in [0.2, 0.25) is 0 Å². The maximum atomic E-state index is 12.5. The van der Waals surface area contributed by atoms with Crippen LogP contribution in [0.5, 0.6) is 11.5 Å². The molecule has 2 aromatic rings. The number of rotatable bonds is 5. The van der Waals surface area contributed by atoms with E-state index in [0.29, 0.717) is 29.9 Å². The Morgan fingerprint density at radius 2 is 1.76 bits per heavy atom. The normalized spacial score (nSPS) is 19.0. The molecule has 1 atom stereocenters. The largest absolute Gasteiger partial charge is 0.497 e. The van der Waals surface area contributed by atoms with E-state index in [0.717, 1.165) is 12.0 Å². The summed E-state index contributed by atoms with van der Waals surface area (Å²) in [5.74, 6) is 0.842. The van der Waals surface area contributed by atoms with Gasteiger partial charge in [-0.25, -0.2) is 0 Å². The first-order valence-corrected chi connectivity index (χ1v) is 8.33. The monoisotopic (exact) mass is 341 g/mol. The van der Waals surface area contributed by atoms with Crippen molar-refractivity contribution >= 4 is 5.91 Å². The predicted octanol–water partition coefficient (Wildman–Crippen LogP) is 2.35. The van der Waals surface area contributed by atoms with Crippen LogP contribution in [0.25, 0.3) is 0 Å². The summed E-state index contributed by atoms with van der Waals surface area (Å²) in [6, 6.07) is 13.1. The van der Waals surface area contributed by atoms with Crippen LogP contribution in [0.15, 0.2) is 42.5 Å². The Labute approximate surface area is 147 Å². The summed E-state index contributed by atoms with van der Waals surface area (Å²) < 4.78 is 10.4. The van der Waals surface area contributed by atoms with Gasteiger partial charge in [0.25, 0.3) is 5.91 Å². The summed E-state index contributed by atoms with van der Waals surface area (Å²) in [6.45, 7) is 0.208. The summed E-state index contributed by atoms with van der Waals surface area (Å²) in [5, 5.41) is 13.7. The van der Waals surface area contributed by atoms with Crippen molar-refractivity contribution in [2.45, 2.75) is 24.9 Å². The van der Waals surface area contributed by atoms with Crippen LogP contribution in [0.3, 0.4) is 0 Å². The van der Waals surface area contributed by atoms with Gasteiger partial charge in [0.15, 0.2) is 0 Å². The molecule has 25 heavy (non-hydrogen) atoms. The summed E-state index contributed by atoms with van der Waals surface area (Å²) in [6.07, 6.45) is 1.99. The van der Waals surface area contributed by atoms with Gasteiger partial charge in [-0.15, -0.1) is 0 Å². The highest BCUT2D eigenvalue weighted by Crippen LogP contribution is 2.28. The Balaban J connectivity index is 1.68. The van der Waals surface area contributed by atoms with Crippen molar-refractivity contribution in [3.63, 3.8) is 0 Å². The molecule has 0 unspecified atom stereocenters. The van der Waals surface area contributed by atoms with Gasteiger partial charge < -0.3 is 19.9 Å². The molecule has 5 nitrogen and oxygen atoms in total. The zero-order valence-corrected chi connectivity index (χ0v) is 14.5. The molecule has 1 aliphatic rings. The predicted molar refractivity (Wildman–Crippen MR) is 95.3 cm³/mol. The lowest BCUT2D eigenvalue weighted by molar-refractivity contribution is 0.0260. The van der Waals surface area contributed by atoms with E-state index in [1.807, 2.05) is 18.2 Å². The average molecular weight is 341 g/mol. The molecular weight excluding hydrogens is 318 g/mol. The highest BCUT2D eigenvalue weighted by molar-refractivity contribution is 5.95. The van der Waals surface area contributed by atoms with Crippen LogP contribution in [0.1, 0.15) is 27.9 Å². The van der Waals surface area contributed by atoms with Gasteiger partial charge in [-0.3, -0.25) is 4.79 Å². The molecule has 3 rings (SSSR count). The molecule has 0 bridgehead atoms. The summed E-state index contributed by atoms with van der Waals surface area (Å²) >= 11 is 0. The van der Waals surface area contributed by atoms with Crippen LogP contribution in [0, 0.1) is 0 Å². The van der Waals surface area contributed by atoms with Gasteiger partial charge in [0.1, 0.15) is 11.5 Å². The molecule has 0 aromatic heterocycles. The van der Waals surface area contributed by atoms with Crippen molar-refractivity contribution in [3.05, 3.63) is 59.2 Å². The first-order chi connectivity index (χ1) is 12.0. The van der Waals surface area contributed by atoms with Gasteiger partial charge in [-0.2, -0.15) is 0 Å². The fourth-order valence-corrected chi connectivity index (χ4v) is 3.22. The Bertz CT molecular complexity index is 752. The lowest BCUT2D eigenvalue weighted by Gasteiger charge is -2.33. The quantitative estimate of drug-likeness (QED) is 0.876. The molecule has 0 saturated carbocycles. The molecule has 5 heteroatoms. The maximum Gasteiger partial charge on any atom is 0.251 e. The second-order valence-corrected chi connectivity index (χ2v) is 6.45. The Morgan fingerprint density at radius 1 is 1.12 bits per heavy atom. The summed E-state index contributed by atoms with van der Waals surface area (Å²) in [4.78, 5) is 12.5. The molecule has 2 aromatic carbocycles. The van der Waals surface area contributed by atoms with Gasteiger partial charge in [0, 0.05) is 24.6 Å². The van der Waals surface area contributed by atoms with E-state index in [2.05, 4.69) is 11.4 Å². The van der Waals surface area contributed by atoms with Crippen LogP contribution in [0.4, 0.5) is 0 Å². The number of carbonyl (C=O) groups is 1. The second-order valence-electron chi connectivity index (χ2n) is 6.45. The van der Waals surface area contributed by atoms with Crippen LogP contribution >= 0.6 is 0 Å². The van der Waals surface area contributed by atoms with Crippen molar-refractivity contribution in [3.8, 4) is 11.5 Å². The zero-order chi connectivity index (χ0) is 17.9. The van der Waals surface area contributed by atoms with Crippen molar-refractivity contribution in [1.82, 2.24) is 5.32 Å². The molecule has 2 N–H and O–H groups in total. The van der Waals surface area contributed by atoms with E-state index < -0.39 is 5.60 Å². The topological polar surface area (TPSA) is 67.8 Å². The fourth-order valence-electron chi connectivity index (χ4n) is 3.22. The molecule has 0 radical (unpaired) electrons. The lowest BCUT2D eigenvalue weighted by Crippen LogP contribution is -2.46. The molecule has 0 aliphatic heterocycles. The third-order valence-electron chi connectivity index (χ3n) is 4.69. The molecular formula is C20H23NO4. The number of hydrogen-bond donors (Lipinski definition) is 2. The molecule has 132 valence electrons. The third-order valence-corrected chi connectivity index (χ3v) is 4.69. The number of hydrogen-bond acceptors (Lipinski definition) is 4. The number of amides is 1. The van der Waals surface area contributed by atoms with Crippen LogP contribution < -0.4 is 14.8 Å². The standard InChI is InChI=1S/C20H23NO4/c1-24-17-9-16(10-18(11-17)25-2)19(22)21-13-20(23)8-7-14-5-3-4-6-15(14)12-20/h3-6,9-11,23H,7-8,12-13H2,1-2H3,(H,21,22)/t20-/m1/s1. The smallest absolute Gasteiger partial charge is 0.251 e. The first kappa shape index (κ1) is 17.3. The van der Waals surface area contributed by atoms with Gasteiger partial charge in [-0.05, 0) is 36.1 Å². The average Bonchev–Trinajstić information content (AvgIpc) is 2.65. The Hall–Kier alpha value is -2.53. The van der Waals surface area contributed by atoms with Gasteiger partial charge in [0.05, 0.1) is 19.8 Å². The van der Waals surface area contributed by atoms with E-state index in [4.69, 9.17) is 9.47 Å². The van der Waals surface area contributed by atoms with E-state index in [9.17, 15) is 9.90 Å². The number of benzene rings is 2. The van der Waals surface area contributed by atoms with Crippen molar-refractivity contribution in [2.75, 3.05) is 20.8 Å². The molecule has 0 saturated heterocycles. The van der Waals surface area contributed by atoms with Gasteiger partial charge >= 0.3 is 0 Å². The number of ether oxygens (including phenoxy) is 2. The Kier molecular flexibility index (Phi) is 4.95. The minimum Gasteiger partial charge on any atom is -0.497 e. The number of aliphatic hydroxyl groups is 1. The zero-order valence-electron chi connectivity index (χ0n) is 14.5. The van der Waals surface area contributed by atoms with Crippen molar-refractivity contribution < 1.29 is 19.4 Å². The third kappa shape index (κ3) is 3.94. The molecule has 0 spiro atoms. The van der Waals surface area contributed by atoms with E-state index in [1.54, 1.807) is 32.4 Å². The number of methoxy groups -OCH3 is 2. The highest BCUT2D eigenvalue weighted by atomic mass is 16.5.